The van der Waals surface area contributed by atoms with E-state index in [0.29, 0.717) is 9.86 Å². The molecule has 0 N–H and O–H groups in total. The van der Waals surface area contributed by atoms with Gasteiger partial charge in [0.1, 0.15) is 0 Å². The number of hydrogen-bond donors (Lipinski definition) is 0. The molecule has 0 aliphatic rings. The molecule has 1 aromatic rings. The van der Waals surface area contributed by atoms with Gasteiger partial charge in [0.2, 0.25) is 0 Å². The standard InChI is InChI=1S/C9H3ClINO2/c10-9(14)5-1-6(3-12)7(4-13)8(11)2-5/h1-2,4H. The van der Waals surface area contributed by atoms with Crippen LogP contribution in [0.3, 0.4) is 0 Å². The molecule has 1 aromatic carbocycles. The predicted octanol–water partition coefficient (Wildman–Crippen LogP) is 2.35. The molecule has 0 spiro atoms. The van der Waals surface area contributed by atoms with Gasteiger partial charge in [0.15, 0.2) is 6.29 Å². The van der Waals surface area contributed by atoms with Crippen LogP contribution in [0.15, 0.2) is 12.1 Å². The van der Waals surface area contributed by atoms with Gasteiger partial charge in [-0.15, -0.1) is 0 Å². The van der Waals surface area contributed by atoms with Crippen LogP contribution >= 0.6 is 34.2 Å². The molecule has 5 heteroatoms. The van der Waals surface area contributed by atoms with Crippen LogP contribution in [0.5, 0.6) is 0 Å². The highest BCUT2D eigenvalue weighted by Gasteiger charge is 2.11. The third kappa shape index (κ3) is 2.11. The molecular weight excluding hydrogens is 316 g/mol. The van der Waals surface area contributed by atoms with Crippen molar-refractivity contribution in [3.8, 4) is 6.07 Å². The van der Waals surface area contributed by atoms with Crippen LogP contribution in [0.4, 0.5) is 0 Å². The maximum absolute atomic E-state index is 10.8. The molecular formula is C9H3ClINO2. The fraction of sp³-hybridized carbons (Fsp3) is 0. The predicted molar refractivity (Wildman–Crippen MR) is 59.4 cm³/mol. The summed E-state index contributed by atoms with van der Waals surface area (Å²) < 4.78 is 0.542. The molecule has 0 aliphatic heterocycles. The quantitative estimate of drug-likeness (QED) is 0.478. The highest BCUT2D eigenvalue weighted by Crippen LogP contribution is 2.18. The van der Waals surface area contributed by atoms with E-state index >= 15 is 0 Å². The second kappa shape index (κ2) is 4.53. The second-order valence-corrected chi connectivity index (χ2v) is 3.93. The highest BCUT2D eigenvalue weighted by molar-refractivity contribution is 14.1. The number of carbonyl (C=O) groups is 2. The first kappa shape index (κ1) is 11.1. The van der Waals surface area contributed by atoms with E-state index in [1.54, 1.807) is 0 Å². The smallest absolute Gasteiger partial charge is 0.252 e. The van der Waals surface area contributed by atoms with Gasteiger partial charge in [0.25, 0.3) is 5.24 Å². The van der Waals surface area contributed by atoms with Gasteiger partial charge in [-0.1, -0.05) is 0 Å². The van der Waals surface area contributed by atoms with Crippen molar-refractivity contribution in [3.63, 3.8) is 0 Å². The third-order valence-corrected chi connectivity index (χ3v) is 2.71. The Morgan fingerprint density at radius 1 is 1.57 bits per heavy atom. The van der Waals surface area contributed by atoms with E-state index in [-0.39, 0.29) is 16.7 Å². The molecule has 0 amide bonds. The van der Waals surface area contributed by atoms with Crippen molar-refractivity contribution < 1.29 is 9.59 Å². The lowest BCUT2D eigenvalue weighted by Crippen LogP contribution is -1.97. The summed E-state index contributed by atoms with van der Waals surface area (Å²) >= 11 is 7.13. The lowest BCUT2D eigenvalue weighted by Gasteiger charge is -2.01. The van der Waals surface area contributed by atoms with Gasteiger partial charge in [-0.05, 0) is 46.3 Å². The summed E-state index contributed by atoms with van der Waals surface area (Å²) in [5.41, 5.74) is 0.670. The molecule has 0 saturated heterocycles. The zero-order chi connectivity index (χ0) is 10.7. The molecule has 14 heavy (non-hydrogen) atoms. The number of nitriles is 1. The highest BCUT2D eigenvalue weighted by atomic mass is 127. The van der Waals surface area contributed by atoms with Crippen molar-refractivity contribution in [1.82, 2.24) is 0 Å². The number of aldehydes is 1. The SMILES string of the molecule is N#Cc1cc(C(=O)Cl)cc(I)c1C=O. The number of halogens is 2. The largest absolute Gasteiger partial charge is 0.298 e. The molecule has 1 rings (SSSR count). The average Bonchev–Trinajstić information content (AvgIpc) is 2.16. The van der Waals surface area contributed by atoms with E-state index in [0.717, 1.165) is 0 Å². The molecule has 0 atom stereocenters. The maximum Gasteiger partial charge on any atom is 0.252 e. The van der Waals surface area contributed by atoms with Crippen molar-refractivity contribution in [2.24, 2.45) is 0 Å². The summed E-state index contributed by atoms with van der Waals surface area (Å²) in [6, 6.07) is 4.62. The van der Waals surface area contributed by atoms with Crippen LogP contribution in [-0.2, 0) is 0 Å². The second-order valence-electron chi connectivity index (χ2n) is 2.42. The van der Waals surface area contributed by atoms with E-state index in [4.69, 9.17) is 16.9 Å². The van der Waals surface area contributed by atoms with Crippen molar-refractivity contribution in [1.29, 1.82) is 5.26 Å². The first-order valence-electron chi connectivity index (χ1n) is 3.48. The summed E-state index contributed by atoms with van der Waals surface area (Å²) in [5.74, 6) is 0. The van der Waals surface area contributed by atoms with E-state index in [2.05, 4.69) is 0 Å². The maximum atomic E-state index is 10.8. The Kier molecular flexibility index (Phi) is 3.61. The van der Waals surface area contributed by atoms with Gasteiger partial charge >= 0.3 is 0 Å². The van der Waals surface area contributed by atoms with E-state index in [9.17, 15) is 9.59 Å². The molecule has 0 aliphatic carbocycles. The minimum absolute atomic E-state index is 0.163. The van der Waals surface area contributed by atoms with Gasteiger partial charge in [-0.2, -0.15) is 5.26 Å². The number of nitrogens with zero attached hydrogens (tertiary/aromatic N) is 1. The monoisotopic (exact) mass is 319 g/mol. The molecule has 0 radical (unpaired) electrons. The van der Waals surface area contributed by atoms with Crippen molar-refractivity contribution in [2.75, 3.05) is 0 Å². The van der Waals surface area contributed by atoms with Crippen molar-refractivity contribution in [2.45, 2.75) is 0 Å². The zero-order valence-corrected chi connectivity index (χ0v) is 9.67. The number of hydrogen-bond acceptors (Lipinski definition) is 3. The average molecular weight is 319 g/mol. The first-order valence-corrected chi connectivity index (χ1v) is 4.94. The summed E-state index contributed by atoms with van der Waals surface area (Å²) in [4.78, 5) is 21.4. The van der Waals surface area contributed by atoms with Crippen LogP contribution in [0.25, 0.3) is 0 Å². The third-order valence-electron chi connectivity index (χ3n) is 1.59. The minimum Gasteiger partial charge on any atom is -0.298 e. The number of rotatable bonds is 2. The van der Waals surface area contributed by atoms with Crippen LogP contribution in [0, 0.1) is 14.9 Å². The van der Waals surface area contributed by atoms with Crippen LogP contribution < -0.4 is 0 Å². The normalized spacial score (nSPS) is 9.21. The van der Waals surface area contributed by atoms with Crippen molar-refractivity contribution >= 4 is 45.7 Å². The molecule has 0 fully saturated rings. The topological polar surface area (TPSA) is 57.9 Å². The molecule has 0 bridgehead atoms. The van der Waals surface area contributed by atoms with Crippen molar-refractivity contribution in [3.05, 3.63) is 32.4 Å². The van der Waals surface area contributed by atoms with Gasteiger partial charge in [0, 0.05) is 14.7 Å². The molecule has 3 nitrogen and oxygen atoms in total. The summed E-state index contributed by atoms with van der Waals surface area (Å²) in [6.07, 6.45) is 0.586. The van der Waals surface area contributed by atoms with Crippen LogP contribution in [0.1, 0.15) is 26.3 Å². The molecule has 0 heterocycles. The first-order chi connectivity index (χ1) is 6.60. The zero-order valence-electron chi connectivity index (χ0n) is 6.75. The van der Waals surface area contributed by atoms with Gasteiger partial charge in [-0.3, -0.25) is 9.59 Å². The Morgan fingerprint density at radius 3 is 2.64 bits per heavy atom. The number of carbonyl (C=O) groups excluding carboxylic acids is 2. The van der Waals surface area contributed by atoms with Crippen LogP contribution in [-0.4, -0.2) is 11.5 Å². The molecule has 0 unspecified atom stereocenters. The van der Waals surface area contributed by atoms with Gasteiger partial charge in [0.05, 0.1) is 11.6 Å². The Labute approximate surface area is 98.8 Å². The summed E-state index contributed by atoms with van der Waals surface area (Å²) in [7, 11) is 0. The van der Waals surface area contributed by atoms with Crippen LogP contribution in [0.2, 0.25) is 0 Å². The Bertz CT molecular complexity index is 451. The Hall–Kier alpha value is -0.930. The molecule has 0 saturated carbocycles. The van der Waals surface area contributed by atoms with E-state index in [1.807, 2.05) is 28.7 Å². The summed E-state index contributed by atoms with van der Waals surface area (Å²) in [6.45, 7) is 0. The Morgan fingerprint density at radius 2 is 2.21 bits per heavy atom. The fourth-order valence-electron chi connectivity index (χ4n) is 0.944. The lowest BCUT2D eigenvalue weighted by molar-refractivity contribution is 0.107. The van der Waals surface area contributed by atoms with Gasteiger partial charge < -0.3 is 0 Å². The fourth-order valence-corrected chi connectivity index (χ4v) is 1.81. The summed E-state index contributed by atoms with van der Waals surface area (Å²) in [5, 5.41) is 8.07. The molecule has 0 aromatic heterocycles. The van der Waals surface area contributed by atoms with E-state index < -0.39 is 5.24 Å². The lowest BCUT2D eigenvalue weighted by atomic mass is 10.1. The van der Waals surface area contributed by atoms with Gasteiger partial charge in [-0.25, -0.2) is 0 Å². The van der Waals surface area contributed by atoms with E-state index in [1.165, 1.54) is 12.1 Å². The number of benzene rings is 1. The minimum atomic E-state index is -0.642. The molecule has 70 valence electrons. The Balaban J connectivity index is 3.48.